The number of nitrogens with zero attached hydrogens (tertiary/aromatic N) is 2. The number of hydrogen-bond acceptors (Lipinski definition) is 3. The molecular weight excluding hydrogens is 219 g/mol. The molecule has 0 radical (unpaired) electrons. The van der Waals surface area contributed by atoms with E-state index in [1.807, 2.05) is 24.3 Å². The molecule has 0 saturated carbocycles. The van der Waals surface area contributed by atoms with Gasteiger partial charge in [-0.05, 0) is 25.1 Å². The third-order valence-electron chi connectivity index (χ3n) is 3.41. The zero-order valence-electron chi connectivity index (χ0n) is 9.60. The van der Waals surface area contributed by atoms with E-state index in [9.17, 15) is 4.39 Å². The van der Waals surface area contributed by atoms with E-state index in [2.05, 4.69) is 10.1 Å². The van der Waals surface area contributed by atoms with Crippen molar-refractivity contribution in [2.75, 3.05) is 19.8 Å². The Labute approximate surface area is 99.2 Å². The lowest BCUT2D eigenvalue weighted by Crippen LogP contribution is -2.20. The van der Waals surface area contributed by atoms with Gasteiger partial charge < -0.3 is 4.52 Å². The first-order valence-electron chi connectivity index (χ1n) is 5.98. The van der Waals surface area contributed by atoms with Gasteiger partial charge in [0.05, 0.1) is 6.67 Å². The van der Waals surface area contributed by atoms with Crippen molar-refractivity contribution in [1.82, 2.24) is 10.1 Å². The Morgan fingerprint density at radius 1 is 1.41 bits per heavy atom. The summed E-state index contributed by atoms with van der Waals surface area (Å²) in [6, 6.07) is 7.85. The monoisotopic (exact) mass is 234 g/mol. The summed E-state index contributed by atoms with van der Waals surface area (Å²) in [5.41, 5.74) is 1.78. The van der Waals surface area contributed by atoms with E-state index in [0.29, 0.717) is 0 Å². The largest absolute Gasteiger partial charge is 0.356 e. The van der Waals surface area contributed by atoms with Crippen LogP contribution in [-0.4, -0.2) is 29.8 Å². The molecule has 1 aliphatic rings. The summed E-state index contributed by atoms with van der Waals surface area (Å²) in [6.45, 7) is 2.33. The molecule has 1 saturated heterocycles. The first-order valence-corrected chi connectivity index (χ1v) is 5.98. The van der Waals surface area contributed by atoms with Gasteiger partial charge in [0.1, 0.15) is 5.69 Å². The second kappa shape index (κ2) is 4.45. The van der Waals surface area contributed by atoms with Gasteiger partial charge in [0, 0.05) is 24.4 Å². The minimum Gasteiger partial charge on any atom is -0.356 e. The summed E-state index contributed by atoms with van der Waals surface area (Å²) in [5, 5.41) is 5.17. The average Bonchev–Trinajstić information content (AvgIpc) is 2.97. The highest BCUT2D eigenvalue weighted by atomic mass is 19.1. The first-order chi connectivity index (χ1) is 8.36. The van der Waals surface area contributed by atoms with E-state index in [-0.39, 0.29) is 12.6 Å². The van der Waals surface area contributed by atoms with Crippen LogP contribution in [-0.2, 0) is 6.54 Å². The van der Waals surface area contributed by atoms with Crippen LogP contribution in [0.1, 0.15) is 12.1 Å². The van der Waals surface area contributed by atoms with E-state index < -0.39 is 0 Å². The molecule has 0 N–H and O–H groups in total. The smallest absolute Gasteiger partial charge is 0.167 e. The van der Waals surface area contributed by atoms with Gasteiger partial charge in [0.2, 0.25) is 0 Å². The SMILES string of the molecule is FCC1CCN(Cc2noc3ccccc23)C1. The predicted octanol–water partition coefficient (Wildman–Crippen LogP) is 2.62. The van der Waals surface area contributed by atoms with Crippen molar-refractivity contribution < 1.29 is 8.91 Å². The number of benzene rings is 1. The molecule has 1 aromatic heterocycles. The minimum atomic E-state index is -0.212. The van der Waals surface area contributed by atoms with Gasteiger partial charge in [-0.2, -0.15) is 0 Å². The summed E-state index contributed by atoms with van der Waals surface area (Å²) in [4.78, 5) is 2.24. The molecule has 0 bridgehead atoms. The topological polar surface area (TPSA) is 29.3 Å². The molecule has 4 heteroatoms. The lowest BCUT2D eigenvalue weighted by Gasteiger charge is -2.13. The first kappa shape index (κ1) is 10.7. The van der Waals surface area contributed by atoms with Crippen LogP contribution in [0.2, 0.25) is 0 Å². The van der Waals surface area contributed by atoms with Gasteiger partial charge >= 0.3 is 0 Å². The van der Waals surface area contributed by atoms with Gasteiger partial charge in [0.25, 0.3) is 0 Å². The summed E-state index contributed by atoms with van der Waals surface area (Å²) in [5.74, 6) is 0.202. The van der Waals surface area contributed by atoms with E-state index in [1.165, 1.54) is 0 Å². The van der Waals surface area contributed by atoms with Crippen LogP contribution in [0.15, 0.2) is 28.8 Å². The van der Waals surface area contributed by atoms with Crippen LogP contribution in [0.5, 0.6) is 0 Å². The van der Waals surface area contributed by atoms with Crippen molar-refractivity contribution in [3.63, 3.8) is 0 Å². The highest BCUT2D eigenvalue weighted by Crippen LogP contribution is 2.23. The molecule has 1 fully saturated rings. The predicted molar refractivity (Wildman–Crippen MR) is 63.4 cm³/mol. The molecule has 2 heterocycles. The molecule has 1 atom stereocenters. The number of halogens is 1. The third-order valence-corrected chi connectivity index (χ3v) is 3.41. The number of alkyl halides is 1. The molecule has 3 rings (SSSR count). The molecule has 0 spiro atoms. The molecular formula is C13H15FN2O. The molecule has 1 unspecified atom stereocenters. The van der Waals surface area contributed by atoms with Crippen molar-refractivity contribution in [3.8, 4) is 0 Å². The van der Waals surface area contributed by atoms with Gasteiger partial charge in [-0.1, -0.05) is 17.3 Å². The van der Waals surface area contributed by atoms with Gasteiger partial charge in [-0.3, -0.25) is 9.29 Å². The second-order valence-corrected chi connectivity index (χ2v) is 4.67. The summed E-state index contributed by atoms with van der Waals surface area (Å²) in [7, 11) is 0. The summed E-state index contributed by atoms with van der Waals surface area (Å²) in [6.07, 6.45) is 0.951. The van der Waals surface area contributed by atoms with E-state index in [4.69, 9.17) is 4.52 Å². The van der Waals surface area contributed by atoms with Crippen molar-refractivity contribution in [1.29, 1.82) is 0 Å². The molecule has 3 nitrogen and oxygen atoms in total. The van der Waals surface area contributed by atoms with Crippen LogP contribution in [0.4, 0.5) is 4.39 Å². The van der Waals surface area contributed by atoms with E-state index in [1.54, 1.807) is 0 Å². The Hall–Kier alpha value is -1.42. The molecule has 17 heavy (non-hydrogen) atoms. The normalized spacial score (nSPS) is 21.4. The van der Waals surface area contributed by atoms with Crippen LogP contribution in [0.25, 0.3) is 11.0 Å². The molecule has 2 aromatic rings. The Morgan fingerprint density at radius 2 is 2.29 bits per heavy atom. The summed E-state index contributed by atoms with van der Waals surface area (Å²) >= 11 is 0. The van der Waals surface area contributed by atoms with Gasteiger partial charge in [-0.25, -0.2) is 0 Å². The van der Waals surface area contributed by atoms with Gasteiger partial charge in [-0.15, -0.1) is 0 Å². The lowest BCUT2D eigenvalue weighted by molar-refractivity contribution is 0.288. The maximum Gasteiger partial charge on any atom is 0.167 e. The van der Waals surface area contributed by atoms with Crippen LogP contribution < -0.4 is 0 Å². The van der Waals surface area contributed by atoms with Gasteiger partial charge in [0.15, 0.2) is 5.58 Å². The Balaban J connectivity index is 1.77. The quantitative estimate of drug-likeness (QED) is 0.817. The second-order valence-electron chi connectivity index (χ2n) is 4.67. The van der Waals surface area contributed by atoms with E-state index in [0.717, 1.165) is 42.7 Å². The lowest BCUT2D eigenvalue weighted by atomic mass is 10.1. The highest BCUT2D eigenvalue weighted by molar-refractivity contribution is 5.79. The maximum absolute atomic E-state index is 12.5. The fourth-order valence-corrected chi connectivity index (χ4v) is 2.45. The van der Waals surface area contributed by atoms with Crippen LogP contribution in [0.3, 0.4) is 0 Å². The van der Waals surface area contributed by atoms with E-state index >= 15 is 0 Å². The molecule has 0 aliphatic carbocycles. The number of aromatic nitrogens is 1. The van der Waals surface area contributed by atoms with Crippen molar-refractivity contribution in [3.05, 3.63) is 30.0 Å². The van der Waals surface area contributed by atoms with Crippen LogP contribution in [0, 0.1) is 5.92 Å². The van der Waals surface area contributed by atoms with Crippen molar-refractivity contribution in [2.45, 2.75) is 13.0 Å². The number of hydrogen-bond donors (Lipinski definition) is 0. The maximum atomic E-state index is 12.5. The Kier molecular flexibility index (Phi) is 2.81. The number of fused-ring (bicyclic) bond motifs is 1. The summed E-state index contributed by atoms with van der Waals surface area (Å²) < 4.78 is 17.8. The zero-order valence-corrected chi connectivity index (χ0v) is 9.60. The number of rotatable bonds is 3. The minimum absolute atomic E-state index is 0.202. The molecule has 0 amide bonds. The van der Waals surface area contributed by atoms with Crippen LogP contribution >= 0.6 is 0 Å². The number of para-hydroxylation sites is 1. The average molecular weight is 234 g/mol. The highest BCUT2D eigenvalue weighted by Gasteiger charge is 2.23. The zero-order chi connectivity index (χ0) is 11.7. The standard InChI is InChI=1S/C13H15FN2O/c14-7-10-5-6-16(8-10)9-12-11-3-1-2-4-13(11)17-15-12/h1-4,10H,5-9H2. The molecule has 1 aromatic carbocycles. The Bertz CT molecular complexity index is 511. The fourth-order valence-electron chi connectivity index (χ4n) is 2.45. The third kappa shape index (κ3) is 2.05. The Morgan fingerprint density at radius 3 is 3.12 bits per heavy atom. The van der Waals surface area contributed by atoms with Crippen molar-refractivity contribution >= 4 is 11.0 Å². The van der Waals surface area contributed by atoms with Crippen molar-refractivity contribution in [2.24, 2.45) is 5.92 Å². The number of likely N-dealkylation sites (tertiary alicyclic amines) is 1. The molecule has 1 aliphatic heterocycles. The fraction of sp³-hybridized carbons (Fsp3) is 0.462. The molecule has 90 valence electrons.